The standard InChI is InChI=1S/C21H19N3O3S2/c25-17-5-3-14(4-6-17)15-7-9-24(10-8-15)19(26)12-16-13-29-21(22-16)23-20(27)18-2-1-11-28-18/h1-7,11,13,25H,8-10,12H2,(H,22,23,27). The first-order valence-corrected chi connectivity index (χ1v) is 10.9. The van der Waals surface area contributed by atoms with E-state index >= 15 is 0 Å². The normalized spacial score (nSPS) is 13.8. The quantitative estimate of drug-likeness (QED) is 0.647. The van der Waals surface area contributed by atoms with Crippen molar-refractivity contribution in [2.24, 2.45) is 0 Å². The average molecular weight is 426 g/mol. The summed E-state index contributed by atoms with van der Waals surface area (Å²) in [6, 6.07) is 10.7. The molecule has 1 aliphatic rings. The smallest absolute Gasteiger partial charge is 0.267 e. The summed E-state index contributed by atoms with van der Waals surface area (Å²) in [5, 5.41) is 16.3. The number of aromatic nitrogens is 1. The summed E-state index contributed by atoms with van der Waals surface area (Å²) >= 11 is 2.69. The molecule has 3 heterocycles. The van der Waals surface area contributed by atoms with Crippen molar-refractivity contribution in [3.05, 3.63) is 69.4 Å². The van der Waals surface area contributed by atoms with Gasteiger partial charge in [0.15, 0.2) is 5.13 Å². The van der Waals surface area contributed by atoms with Gasteiger partial charge in [-0.2, -0.15) is 0 Å². The minimum atomic E-state index is -0.185. The van der Waals surface area contributed by atoms with Crippen LogP contribution < -0.4 is 5.32 Å². The minimum Gasteiger partial charge on any atom is -0.508 e. The number of phenols is 1. The highest BCUT2D eigenvalue weighted by Gasteiger charge is 2.19. The predicted octanol–water partition coefficient (Wildman–Crippen LogP) is 4.02. The van der Waals surface area contributed by atoms with E-state index in [2.05, 4.69) is 16.4 Å². The molecule has 0 fully saturated rings. The number of thiazole rings is 1. The summed E-state index contributed by atoms with van der Waals surface area (Å²) in [6.07, 6.45) is 3.05. The summed E-state index contributed by atoms with van der Waals surface area (Å²) < 4.78 is 0. The van der Waals surface area contributed by atoms with Crippen LogP contribution in [0.15, 0.2) is 53.2 Å². The molecule has 2 aromatic heterocycles. The van der Waals surface area contributed by atoms with Crippen molar-refractivity contribution >= 4 is 45.2 Å². The highest BCUT2D eigenvalue weighted by atomic mass is 32.1. The number of phenolic OH excluding ortho intramolecular Hbond substituents is 1. The van der Waals surface area contributed by atoms with Crippen molar-refractivity contribution in [3.63, 3.8) is 0 Å². The highest BCUT2D eigenvalue weighted by molar-refractivity contribution is 7.14. The molecule has 0 saturated heterocycles. The van der Waals surface area contributed by atoms with Gasteiger partial charge in [0, 0.05) is 18.5 Å². The molecule has 4 rings (SSSR count). The van der Waals surface area contributed by atoms with Crippen molar-refractivity contribution in [3.8, 4) is 5.75 Å². The molecule has 0 spiro atoms. The van der Waals surface area contributed by atoms with Gasteiger partial charge in [-0.25, -0.2) is 4.98 Å². The van der Waals surface area contributed by atoms with E-state index in [1.165, 1.54) is 28.2 Å². The SMILES string of the molecule is O=C(Nc1nc(CC(=O)N2CC=C(c3ccc(O)cc3)CC2)cs1)c1cccs1. The lowest BCUT2D eigenvalue weighted by molar-refractivity contribution is -0.130. The number of carbonyl (C=O) groups excluding carboxylic acids is 2. The van der Waals surface area contributed by atoms with Gasteiger partial charge in [-0.3, -0.25) is 14.9 Å². The molecule has 148 valence electrons. The Hall–Kier alpha value is -2.97. The van der Waals surface area contributed by atoms with Crippen molar-refractivity contribution in [1.82, 2.24) is 9.88 Å². The first kappa shape index (κ1) is 19.4. The maximum absolute atomic E-state index is 12.6. The fourth-order valence-electron chi connectivity index (χ4n) is 3.11. The molecule has 0 aliphatic carbocycles. The van der Waals surface area contributed by atoms with E-state index in [4.69, 9.17) is 0 Å². The van der Waals surface area contributed by atoms with E-state index in [-0.39, 0.29) is 24.0 Å². The number of hydrogen-bond donors (Lipinski definition) is 2. The first-order valence-electron chi connectivity index (χ1n) is 9.14. The largest absolute Gasteiger partial charge is 0.508 e. The number of amides is 2. The van der Waals surface area contributed by atoms with Crippen LogP contribution in [-0.2, 0) is 11.2 Å². The maximum atomic E-state index is 12.6. The third-order valence-corrected chi connectivity index (χ3v) is 6.32. The number of aromatic hydroxyl groups is 1. The molecule has 0 atom stereocenters. The zero-order chi connectivity index (χ0) is 20.2. The number of nitrogens with one attached hydrogen (secondary N) is 1. The van der Waals surface area contributed by atoms with Crippen LogP contribution in [0.4, 0.5) is 5.13 Å². The Kier molecular flexibility index (Phi) is 5.73. The third kappa shape index (κ3) is 4.72. The second-order valence-corrected chi connectivity index (χ2v) is 8.42. The number of anilines is 1. The molecule has 0 saturated carbocycles. The molecule has 0 bridgehead atoms. The van der Waals surface area contributed by atoms with Gasteiger partial charge in [0.2, 0.25) is 5.91 Å². The van der Waals surface area contributed by atoms with Gasteiger partial charge in [0.1, 0.15) is 5.75 Å². The van der Waals surface area contributed by atoms with Crippen LogP contribution in [0.2, 0.25) is 0 Å². The molecule has 0 radical (unpaired) electrons. The van der Waals surface area contributed by atoms with Crippen molar-refractivity contribution in [2.45, 2.75) is 12.8 Å². The molecule has 1 aliphatic heterocycles. The van der Waals surface area contributed by atoms with Crippen LogP contribution in [-0.4, -0.2) is 39.9 Å². The number of rotatable bonds is 5. The Balaban J connectivity index is 1.32. The molecular weight excluding hydrogens is 406 g/mol. The van der Waals surface area contributed by atoms with E-state index in [0.717, 1.165) is 12.0 Å². The highest BCUT2D eigenvalue weighted by Crippen LogP contribution is 2.25. The summed E-state index contributed by atoms with van der Waals surface area (Å²) in [5.41, 5.74) is 2.91. The lowest BCUT2D eigenvalue weighted by Crippen LogP contribution is -2.35. The van der Waals surface area contributed by atoms with Gasteiger partial charge < -0.3 is 10.0 Å². The van der Waals surface area contributed by atoms with E-state index in [0.29, 0.717) is 28.8 Å². The Morgan fingerprint density at radius 1 is 1.17 bits per heavy atom. The topological polar surface area (TPSA) is 82.5 Å². The van der Waals surface area contributed by atoms with Gasteiger partial charge in [0.25, 0.3) is 5.91 Å². The second kappa shape index (κ2) is 8.59. The van der Waals surface area contributed by atoms with Gasteiger partial charge in [-0.15, -0.1) is 22.7 Å². The number of thiophene rings is 1. The summed E-state index contributed by atoms with van der Waals surface area (Å²) in [4.78, 5) is 31.5. The summed E-state index contributed by atoms with van der Waals surface area (Å²) in [5.74, 6) is 0.0822. The van der Waals surface area contributed by atoms with Crippen LogP contribution >= 0.6 is 22.7 Å². The summed E-state index contributed by atoms with van der Waals surface area (Å²) in [7, 11) is 0. The van der Waals surface area contributed by atoms with Crippen LogP contribution in [0.3, 0.4) is 0 Å². The third-order valence-electron chi connectivity index (χ3n) is 4.65. The lowest BCUT2D eigenvalue weighted by Gasteiger charge is -2.26. The summed E-state index contributed by atoms with van der Waals surface area (Å²) in [6.45, 7) is 1.21. The lowest BCUT2D eigenvalue weighted by atomic mass is 9.99. The van der Waals surface area contributed by atoms with Crippen molar-refractivity contribution in [1.29, 1.82) is 0 Å². The van der Waals surface area contributed by atoms with Crippen molar-refractivity contribution < 1.29 is 14.7 Å². The fourth-order valence-corrected chi connectivity index (χ4v) is 4.44. The van der Waals surface area contributed by atoms with Crippen LogP contribution in [0.1, 0.15) is 27.3 Å². The zero-order valence-electron chi connectivity index (χ0n) is 15.5. The van der Waals surface area contributed by atoms with Gasteiger partial charge in [-0.1, -0.05) is 24.3 Å². The minimum absolute atomic E-state index is 0.0208. The van der Waals surface area contributed by atoms with Crippen LogP contribution in [0.5, 0.6) is 5.75 Å². The zero-order valence-corrected chi connectivity index (χ0v) is 17.1. The molecule has 6 nitrogen and oxygen atoms in total. The molecule has 0 unspecified atom stereocenters. The Morgan fingerprint density at radius 3 is 2.69 bits per heavy atom. The van der Waals surface area contributed by atoms with Crippen LogP contribution in [0, 0.1) is 0 Å². The maximum Gasteiger partial charge on any atom is 0.267 e. The van der Waals surface area contributed by atoms with Gasteiger partial charge >= 0.3 is 0 Å². The van der Waals surface area contributed by atoms with E-state index < -0.39 is 0 Å². The molecule has 1 aromatic carbocycles. The Morgan fingerprint density at radius 2 is 2.00 bits per heavy atom. The number of carbonyl (C=O) groups is 2. The van der Waals surface area contributed by atoms with Crippen molar-refractivity contribution in [2.75, 3.05) is 18.4 Å². The first-order chi connectivity index (χ1) is 14.1. The fraction of sp³-hybridized carbons (Fsp3) is 0.190. The monoisotopic (exact) mass is 425 g/mol. The Bertz CT molecular complexity index is 1040. The van der Waals surface area contributed by atoms with E-state index in [9.17, 15) is 14.7 Å². The molecule has 8 heteroatoms. The average Bonchev–Trinajstić information content (AvgIpc) is 3.41. The van der Waals surface area contributed by atoms with E-state index in [1.807, 2.05) is 33.9 Å². The number of benzene rings is 1. The van der Waals surface area contributed by atoms with E-state index in [1.54, 1.807) is 18.2 Å². The Labute approximate surface area is 176 Å². The number of hydrogen-bond acceptors (Lipinski definition) is 6. The number of nitrogens with zero attached hydrogens (tertiary/aromatic N) is 2. The van der Waals surface area contributed by atoms with Crippen LogP contribution in [0.25, 0.3) is 5.57 Å². The molecular formula is C21H19N3O3S2. The molecule has 3 aromatic rings. The van der Waals surface area contributed by atoms with Gasteiger partial charge in [0.05, 0.1) is 17.0 Å². The molecule has 29 heavy (non-hydrogen) atoms. The molecule has 2 amide bonds. The van der Waals surface area contributed by atoms with Gasteiger partial charge in [-0.05, 0) is 41.1 Å². The second-order valence-electron chi connectivity index (χ2n) is 6.62. The predicted molar refractivity (Wildman–Crippen MR) is 115 cm³/mol. The molecule has 2 N–H and O–H groups in total.